The summed E-state index contributed by atoms with van der Waals surface area (Å²) in [4.78, 5) is 30.0. The summed E-state index contributed by atoms with van der Waals surface area (Å²) in [7, 11) is 0. The average molecular weight is 392 g/mol. The summed E-state index contributed by atoms with van der Waals surface area (Å²) in [6.07, 6.45) is 2.39. The van der Waals surface area contributed by atoms with Crippen molar-refractivity contribution in [3.05, 3.63) is 35.0 Å². The van der Waals surface area contributed by atoms with Crippen LogP contribution in [0.3, 0.4) is 0 Å². The number of aromatic nitrogens is 1. The molecule has 1 aliphatic rings. The van der Waals surface area contributed by atoms with Crippen molar-refractivity contribution in [3.8, 4) is 0 Å². The number of hydrogen-bond acceptors (Lipinski definition) is 3. The highest BCUT2D eigenvalue weighted by atomic mass is 35.5. The Labute approximate surface area is 164 Å². The van der Waals surface area contributed by atoms with E-state index in [-0.39, 0.29) is 11.9 Å². The van der Waals surface area contributed by atoms with Crippen LogP contribution in [0.15, 0.2) is 24.3 Å². The molecule has 1 fully saturated rings. The van der Waals surface area contributed by atoms with Crippen molar-refractivity contribution in [2.75, 3.05) is 13.1 Å². The van der Waals surface area contributed by atoms with Gasteiger partial charge in [0.1, 0.15) is 11.3 Å². The van der Waals surface area contributed by atoms with Gasteiger partial charge >= 0.3 is 6.09 Å². The van der Waals surface area contributed by atoms with Gasteiger partial charge in [-0.05, 0) is 58.2 Å². The predicted octanol–water partition coefficient (Wildman–Crippen LogP) is 4.34. The highest BCUT2D eigenvalue weighted by Crippen LogP contribution is 2.23. The van der Waals surface area contributed by atoms with Crippen molar-refractivity contribution in [2.24, 2.45) is 0 Å². The zero-order chi connectivity index (χ0) is 19.6. The number of fused-ring (bicyclic) bond motifs is 1. The Balaban J connectivity index is 1.70. The lowest BCUT2D eigenvalue weighted by Crippen LogP contribution is -2.50. The molecule has 7 heteroatoms. The van der Waals surface area contributed by atoms with Crippen LogP contribution in [0.1, 0.15) is 50.5 Å². The molecule has 146 valence electrons. The second-order valence-corrected chi connectivity index (χ2v) is 8.38. The Hall–Kier alpha value is -2.21. The minimum absolute atomic E-state index is 0.0474. The van der Waals surface area contributed by atoms with Gasteiger partial charge in [0.25, 0.3) is 5.91 Å². The van der Waals surface area contributed by atoms with E-state index >= 15 is 0 Å². The number of hydrogen-bond donors (Lipinski definition) is 2. The molecule has 2 amide bonds. The first-order valence-electron chi connectivity index (χ1n) is 9.29. The van der Waals surface area contributed by atoms with Gasteiger partial charge in [-0.1, -0.05) is 17.7 Å². The topological polar surface area (TPSA) is 74.4 Å². The van der Waals surface area contributed by atoms with Crippen LogP contribution in [-0.2, 0) is 4.74 Å². The lowest BCUT2D eigenvalue weighted by molar-refractivity contribution is 0.0461. The number of nitrogens with one attached hydrogen (secondary N) is 2. The lowest BCUT2D eigenvalue weighted by Gasteiger charge is -2.35. The number of aromatic amines is 1. The summed E-state index contributed by atoms with van der Waals surface area (Å²) in [6, 6.07) is 7.31. The summed E-state index contributed by atoms with van der Waals surface area (Å²) in [5, 5.41) is 4.37. The van der Waals surface area contributed by atoms with E-state index in [2.05, 4.69) is 10.3 Å². The molecule has 1 atom stereocenters. The molecule has 2 N–H and O–H groups in total. The molecule has 0 saturated carbocycles. The molecule has 6 nitrogen and oxygen atoms in total. The van der Waals surface area contributed by atoms with Gasteiger partial charge < -0.3 is 19.9 Å². The van der Waals surface area contributed by atoms with E-state index in [0.29, 0.717) is 23.8 Å². The van der Waals surface area contributed by atoms with E-state index < -0.39 is 11.7 Å². The van der Waals surface area contributed by atoms with Gasteiger partial charge in [0.15, 0.2) is 0 Å². The second kappa shape index (κ2) is 7.80. The molecule has 2 aromatic rings. The molecule has 1 saturated heterocycles. The van der Waals surface area contributed by atoms with Crippen LogP contribution < -0.4 is 5.32 Å². The van der Waals surface area contributed by atoms with Crippen molar-refractivity contribution in [1.29, 1.82) is 0 Å². The van der Waals surface area contributed by atoms with Crippen LogP contribution in [0, 0.1) is 0 Å². The number of piperidine rings is 1. The van der Waals surface area contributed by atoms with Gasteiger partial charge in [0.05, 0.1) is 0 Å². The molecule has 0 bridgehead atoms. The van der Waals surface area contributed by atoms with Crippen LogP contribution in [0.2, 0.25) is 5.02 Å². The molecule has 3 rings (SSSR count). The first-order valence-corrected chi connectivity index (χ1v) is 9.67. The number of H-pyrrole nitrogens is 1. The number of benzene rings is 1. The van der Waals surface area contributed by atoms with Crippen molar-refractivity contribution in [2.45, 2.75) is 51.7 Å². The molecule has 2 heterocycles. The number of likely N-dealkylation sites (tertiary alicyclic amines) is 1. The Bertz CT molecular complexity index is 841. The normalized spacial score (nSPS) is 17.8. The molecule has 27 heavy (non-hydrogen) atoms. The van der Waals surface area contributed by atoms with Crippen molar-refractivity contribution >= 4 is 34.5 Å². The maximum Gasteiger partial charge on any atom is 0.407 e. The fraction of sp³-hybridized carbons (Fsp3) is 0.500. The van der Waals surface area contributed by atoms with Crippen LogP contribution in [0.4, 0.5) is 4.79 Å². The number of alkyl carbamates (subject to hydrolysis) is 1. The number of nitrogens with zero attached hydrogens (tertiary/aromatic N) is 1. The fourth-order valence-corrected chi connectivity index (χ4v) is 3.54. The van der Waals surface area contributed by atoms with Gasteiger partial charge in [0, 0.05) is 35.1 Å². The Kier molecular flexibility index (Phi) is 5.65. The van der Waals surface area contributed by atoms with Gasteiger partial charge in [-0.3, -0.25) is 4.79 Å². The maximum absolute atomic E-state index is 13.1. The standard InChI is InChI=1S/C20H26ClN3O3/c1-20(2,3)27-19(26)22-12-15-6-4-5-9-24(15)18(25)17-10-13-7-8-14(21)11-16(13)23-17/h7-8,10-11,15,23H,4-6,9,12H2,1-3H3,(H,22,26). The lowest BCUT2D eigenvalue weighted by atomic mass is 10.0. The summed E-state index contributed by atoms with van der Waals surface area (Å²) >= 11 is 6.03. The monoisotopic (exact) mass is 391 g/mol. The van der Waals surface area contributed by atoms with Crippen molar-refractivity contribution in [1.82, 2.24) is 15.2 Å². The average Bonchev–Trinajstić information content (AvgIpc) is 3.01. The number of carbonyl (C=O) groups excluding carboxylic acids is 2. The van der Waals surface area contributed by atoms with Crippen LogP contribution in [0.5, 0.6) is 0 Å². The number of amides is 2. The van der Waals surface area contributed by atoms with Crippen molar-refractivity contribution in [3.63, 3.8) is 0 Å². The number of ether oxygens (including phenoxy) is 1. The zero-order valence-corrected chi connectivity index (χ0v) is 16.7. The molecular weight excluding hydrogens is 366 g/mol. The Morgan fingerprint density at radius 3 is 2.81 bits per heavy atom. The third-order valence-corrected chi connectivity index (χ3v) is 4.82. The van der Waals surface area contributed by atoms with Gasteiger partial charge in [0.2, 0.25) is 0 Å². The summed E-state index contributed by atoms with van der Waals surface area (Å²) in [5.41, 5.74) is 0.834. The molecule has 0 aliphatic carbocycles. The largest absolute Gasteiger partial charge is 0.444 e. The summed E-state index contributed by atoms with van der Waals surface area (Å²) < 4.78 is 5.29. The summed E-state index contributed by atoms with van der Waals surface area (Å²) in [5.74, 6) is -0.0574. The number of carbonyl (C=O) groups is 2. The Morgan fingerprint density at radius 1 is 1.30 bits per heavy atom. The van der Waals surface area contributed by atoms with Crippen LogP contribution in [0.25, 0.3) is 10.9 Å². The maximum atomic E-state index is 13.1. The third-order valence-electron chi connectivity index (χ3n) is 4.58. The van der Waals surface area contributed by atoms with E-state index in [1.807, 2.05) is 43.9 Å². The number of halogens is 1. The minimum Gasteiger partial charge on any atom is -0.444 e. The van der Waals surface area contributed by atoms with E-state index in [0.717, 1.165) is 30.2 Å². The van der Waals surface area contributed by atoms with Gasteiger partial charge in [-0.25, -0.2) is 4.79 Å². The molecular formula is C20H26ClN3O3. The Morgan fingerprint density at radius 2 is 2.07 bits per heavy atom. The molecule has 0 spiro atoms. The van der Waals surface area contributed by atoms with Gasteiger partial charge in [-0.15, -0.1) is 0 Å². The van der Waals surface area contributed by atoms with E-state index in [1.54, 1.807) is 6.07 Å². The first kappa shape index (κ1) is 19.5. The minimum atomic E-state index is -0.544. The first-order chi connectivity index (χ1) is 12.7. The molecule has 1 aromatic heterocycles. The second-order valence-electron chi connectivity index (χ2n) is 7.95. The third kappa shape index (κ3) is 4.95. The molecule has 1 aliphatic heterocycles. The van der Waals surface area contributed by atoms with Crippen LogP contribution in [-0.4, -0.2) is 46.6 Å². The van der Waals surface area contributed by atoms with Crippen molar-refractivity contribution < 1.29 is 14.3 Å². The SMILES string of the molecule is CC(C)(C)OC(=O)NCC1CCCCN1C(=O)c1cc2ccc(Cl)cc2[nH]1. The quantitative estimate of drug-likeness (QED) is 0.817. The molecule has 1 unspecified atom stereocenters. The number of rotatable bonds is 3. The smallest absolute Gasteiger partial charge is 0.407 e. The fourth-order valence-electron chi connectivity index (χ4n) is 3.36. The van der Waals surface area contributed by atoms with E-state index in [9.17, 15) is 9.59 Å². The highest BCUT2D eigenvalue weighted by Gasteiger charge is 2.29. The predicted molar refractivity (Wildman–Crippen MR) is 106 cm³/mol. The highest BCUT2D eigenvalue weighted by molar-refractivity contribution is 6.31. The summed E-state index contributed by atoms with van der Waals surface area (Å²) in [6.45, 7) is 6.53. The zero-order valence-electron chi connectivity index (χ0n) is 16.0. The van der Waals surface area contributed by atoms with Gasteiger partial charge in [-0.2, -0.15) is 0 Å². The van der Waals surface area contributed by atoms with Crippen LogP contribution >= 0.6 is 11.6 Å². The molecule has 1 aromatic carbocycles. The van der Waals surface area contributed by atoms with E-state index in [4.69, 9.17) is 16.3 Å². The molecule has 0 radical (unpaired) electrons. The van der Waals surface area contributed by atoms with E-state index in [1.165, 1.54) is 0 Å².